The molecular formula is C15H15F3N6. The van der Waals surface area contributed by atoms with Crippen molar-refractivity contribution in [2.45, 2.75) is 6.18 Å². The predicted molar refractivity (Wildman–Crippen MR) is 80.8 cm³/mol. The van der Waals surface area contributed by atoms with Gasteiger partial charge in [-0.2, -0.15) is 18.4 Å². The van der Waals surface area contributed by atoms with Crippen molar-refractivity contribution < 1.29 is 13.2 Å². The van der Waals surface area contributed by atoms with Crippen LogP contribution in [0.1, 0.15) is 11.3 Å². The fraction of sp³-hybridized carbons (Fsp3) is 0.400. The average Bonchev–Trinajstić information content (AvgIpc) is 2.99. The molecule has 0 spiro atoms. The third-order valence-corrected chi connectivity index (χ3v) is 3.91. The molecule has 0 bridgehead atoms. The highest BCUT2D eigenvalue weighted by molar-refractivity contribution is 5.51. The number of nitrogens with zero attached hydrogens (tertiary/aromatic N) is 6. The number of aromatic nitrogens is 3. The van der Waals surface area contributed by atoms with Crippen LogP contribution in [-0.2, 0) is 6.18 Å². The van der Waals surface area contributed by atoms with Gasteiger partial charge in [-0.15, -0.1) is 15.0 Å². The highest BCUT2D eigenvalue weighted by Gasteiger charge is 2.31. The zero-order valence-electron chi connectivity index (χ0n) is 13.0. The number of rotatable bonds is 2. The van der Waals surface area contributed by atoms with Gasteiger partial charge in [0.05, 0.1) is 11.3 Å². The van der Waals surface area contributed by atoms with Gasteiger partial charge in [-0.05, 0) is 25.2 Å². The summed E-state index contributed by atoms with van der Waals surface area (Å²) in [7, 11) is 2.00. The van der Waals surface area contributed by atoms with Gasteiger partial charge in [0.15, 0.2) is 5.82 Å². The van der Waals surface area contributed by atoms with E-state index < -0.39 is 11.7 Å². The molecule has 1 aromatic carbocycles. The minimum absolute atomic E-state index is 0.108. The Morgan fingerprint density at radius 2 is 1.83 bits per heavy atom. The molecule has 6 nitrogen and oxygen atoms in total. The number of anilines is 1. The Morgan fingerprint density at radius 1 is 1.12 bits per heavy atom. The molecule has 0 atom stereocenters. The number of piperazine rings is 1. The lowest BCUT2D eigenvalue weighted by Gasteiger charge is -2.32. The van der Waals surface area contributed by atoms with Crippen LogP contribution < -0.4 is 4.90 Å². The van der Waals surface area contributed by atoms with Crippen molar-refractivity contribution in [3.8, 4) is 11.8 Å². The molecule has 0 aliphatic carbocycles. The first-order valence-electron chi connectivity index (χ1n) is 7.37. The van der Waals surface area contributed by atoms with Crippen molar-refractivity contribution in [2.24, 2.45) is 0 Å². The minimum Gasteiger partial charge on any atom is -0.350 e. The molecule has 0 saturated carbocycles. The highest BCUT2D eigenvalue weighted by Crippen LogP contribution is 2.30. The number of likely N-dealkylation sites (N-methyl/N-ethyl adjacent to an activating group) is 1. The summed E-state index contributed by atoms with van der Waals surface area (Å²) in [5, 5.41) is 17.5. The summed E-state index contributed by atoms with van der Waals surface area (Å²) in [6, 6.07) is 6.69. The Hall–Kier alpha value is -2.60. The fourth-order valence-corrected chi connectivity index (χ4v) is 2.52. The quantitative estimate of drug-likeness (QED) is 0.838. The third-order valence-electron chi connectivity index (χ3n) is 3.91. The second-order valence-corrected chi connectivity index (χ2v) is 5.61. The molecular weight excluding hydrogens is 321 g/mol. The second kappa shape index (κ2) is 6.13. The summed E-state index contributed by atoms with van der Waals surface area (Å²) in [5.74, 6) is 0.406. The number of hydrogen-bond acceptors (Lipinski definition) is 5. The SMILES string of the molecule is CN1CCN(c2nn(-c3cccc(C(F)(F)F)c3)nc2C#N)CC1. The topological polar surface area (TPSA) is 61.0 Å². The van der Waals surface area contributed by atoms with Crippen molar-refractivity contribution in [3.63, 3.8) is 0 Å². The molecule has 3 rings (SSSR count). The van der Waals surface area contributed by atoms with E-state index >= 15 is 0 Å². The van der Waals surface area contributed by atoms with E-state index in [4.69, 9.17) is 0 Å². The molecule has 0 N–H and O–H groups in total. The molecule has 1 aliphatic heterocycles. The monoisotopic (exact) mass is 336 g/mol. The molecule has 1 fully saturated rings. The summed E-state index contributed by atoms with van der Waals surface area (Å²) in [6.45, 7) is 3.02. The zero-order valence-corrected chi connectivity index (χ0v) is 13.0. The van der Waals surface area contributed by atoms with Gasteiger partial charge in [0.25, 0.3) is 0 Å². The molecule has 24 heavy (non-hydrogen) atoms. The fourth-order valence-electron chi connectivity index (χ4n) is 2.52. The van der Waals surface area contributed by atoms with E-state index in [1.165, 1.54) is 12.1 Å². The molecule has 9 heteroatoms. The maximum Gasteiger partial charge on any atom is 0.416 e. The first-order valence-corrected chi connectivity index (χ1v) is 7.37. The van der Waals surface area contributed by atoms with Crippen LogP contribution in [0.5, 0.6) is 0 Å². The molecule has 0 amide bonds. The second-order valence-electron chi connectivity index (χ2n) is 5.61. The molecule has 2 heterocycles. The van der Waals surface area contributed by atoms with E-state index in [2.05, 4.69) is 15.1 Å². The lowest BCUT2D eigenvalue weighted by Crippen LogP contribution is -2.45. The van der Waals surface area contributed by atoms with E-state index in [0.717, 1.165) is 30.0 Å². The van der Waals surface area contributed by atoms with Gasteiger partial charge >= 0.3 is 6.18 Å². The van der Waals surface area contributed by atoms with Gasteiger partial charge < -0.3 is 9.80 Å². The highest BCUT2D eigenvalue weighted by atomic mass is 19.4. The summed E-state index contributed by atoms with van der Waals surface area (Å²) >= 11 is 0. The molecule has 0 unspecified atom stereocenters. The number of alkyl halides is 3. The largest absolute Gasteiger partial charge is 0.416 e. The van der Waals surface area contributed by atoms with Crippen molar-refractivity contribution in [1.29, 1.82) is 5.26 Å². The van der Waals surface area contributed by atoms with Crippen LogP contribution in [0.3, 0.4) is 0 Å². The minimum atomic E-state index is -4.44. The molecule has 2 aromatic rings. The number of halogens is 3. The van der Waals surface area contributed by atoms with Crippen LogP contribution in [0.2, 0.25) is 0 Å². The average molecular weight is 336 g/mol. The van der Waals surface area contributed by atoms with Crippen molar-refractivity contribution in [1.82, 2.24) is 19.9 Å². The van der Waals surface area contributed by atoms with E-state index in [1.54, 1.807) is 0 Å². The van der Waals surface area contributed by atoms with E-state index in [1.807, 2.05) is 18.0 Å². The van der Waals surface area contributed by atoms with Gasteiger partial charge in [-0.1, -0.05) is 6.07 Å². The van der Waals surface area contributed by atoms with E-state index in [-0.39, 0.29) is 11.4 Å². The number of nitriles is 1. The summed E-state index contributed by atoms with van der Waals surface area (Å²) in [6.07, 6.45) is -4.44. The molecule has 1 saturated heterocycles. The van der Waals surface area contributed by atoms with Crippen molar-refractivity contribution >= 4 is 5.82 Å². The zero-order chi connectivity index (χ0) is 17.3. The first kappa shape index (κ1) is 16.3. The number of benzene rings is 1. The van der Waals surface area contributed by atoms with Crippen LogP contribution in [0, 0.1) is 11.3 Å². The molecule has 1 aliphatic rings. The van der Waals surface area contributed by atoms with Gasteiger partial charge in [-0.25, -0.2) is 0 Å². The van der Waals surface area contributed by atoms with Crippen LogP contribution in [-0.4, -0.2) is 53.1 Å². The van der Waals surface area contributed by atoms with Crippen molar-refractivity contribution in [3.05, 3.63) is 35.5 Å². The smallest absolute Gasteiger partial charge is 0.350 e. The Bertz CT molecular complexity index is 768. The van der Waals surface area contributed by atoms with Crippen LogP contribution in [0.15, 0.2) is 24.3 Å². The van der Waals surface area contributed by atoms with Gasteiger partial charge in [0.2, 0.25) is 5.69 Å². The lowest BCUT2D eigenvalue weighted by atomic mass is 10.2. The standard InChI is InChI=1S/C15H15F3N6/c1-22-5-7-23(8-6-22)14-13(10-19)20-24(21-14)12-4-2-3-11(9-12)15(16,17)18/h2-4,9H,5-8H2,1H3. The maximum absolute atomic E-state index is 12.8. The van der Waals surface area contributed by atoms with Gasteiger partial charge in [-0.3, -0.25) is 0 Å². The Morgan fingerprint density at radius 3 is 2.46 bits per heavy atom. The third kappa shape index (κ3) is 3.19. The van der Waals surface area contributed by atoms with Gasteiger partial charge in [0, 0.05) is 26.2 Å². The predicted octanol–water partition coefficient (Wildman–Crippen LogP) is 1.91. The van der Waals surface area contributed by atoms with E-state index in [9.17, 15) is 18.4 Å². The Labute approximate surface area is 136 Å². The van der Waals surface area contributed by atoms with Crippen LogP contribution in [0.4, 0.5) is 19.0 Å². The first-order chi connectivity index (χ1) is 11.4. The molecule has 126 valence electrons. The molecule has 0 radical (unpaired) electrons. The van der Waals surface area contributed by atoms with Gasteiger partial charge in [0.1, 0.15) is 6.07 Å². The van der Waals surface area contributed by atoms with Crippen LogP contribution >= 0.6 is 0 Å². The molecule has 1 aromatic heterocycles. The Balaban J connectivity index is 1.95. The maximum atomic E-state index is 12.8. The Kier molecular flexibility index (Phi) is 4.15. The normalized spacial score (nSPS) is 16.2. The summed E-state index contributed by atoms with van der Waals surface area (Å²) < 4.78 is 38.5. The van der Waals surface area contributed by atoms with Crippen LogP contribution in [0.25, 0.3) is 5.69 Å². The number of hydrogen-bond donors (Lipinski definition) is 0. The van der Waals surface area contributed by atoms with Crippen molar-refractivity contribution in [2.75, 3.05) is 38.1 Å². The summed E-state index contributed by atoms with van der Waals surface area (Å²) in [4.78, 5) is 5.16. The summed E-state index contributed by atoms with van der Waals surface area (Å²) in [5.41, 5.74) is -0.504. The van der Waals surface area contributed by atoms with E-state index in [0.29, 0.717) is 18.9 Å². The lowest BCUT2D eigenvalue weighted by molar-refractivity contribution is -0.137.